The van der Waals surface area contributed by atoms with Crippen LogP contribution >= 0.6 is 0 Å². The maximum absolute atomic E-state index is 11.0. The van der Waals surface area contributed by atoms with Gasteiger partial charge in [-0.3, -0.25) is 0 Å². The Morgan fingerprint density at radius 3 is 2.65 bits per heavy atom. The first-order valence-electron chi connectivity index (χ1n) is 5.66. The smallest absolute Gasteiger partial charge is 0.337 e. The van der Waals surface area contributed by atoms with Crippen molar-refractivity contribution in [3.05, 3.63) is 29.8 Å². The minimum absolute atomic E-state index is 0.278. The first kappa shape index (κ1) is 13.5. The zero-order chi connectivity index (χ0) is 12.9. The topological polar surface area (TPSA) is 58.6 Å². The molecule has 0 aliphatic heterocycles. The van der Waals surface area contributed by atoms with E-state index in [1.807, 2.05) is 26.8 Å². The second-order valence-electron chi connectivity index (χ2n) is 4.40. The molecule has 1 aromatic rings. The number of ether oxygens (including phenoxy) is 1. The van der Waals surface area contributed by atoms with E-state index in [9.17, 15) is 4.79 Å². The Bertz CT molecular complexity index is 388. The van der Waals surface area contributed by atoms with Crippen LogP contribution in [0.2, 0.25) is 0 Å². The number of benzene rings is 1. The summed E-state index contributed by atoms with van der Waals surface area (Å²) in [4.78, 5) is 11.0. The van der Waals surface area contributed by atoms with E-state index in [1.54, 1.807) is 18.2 Å². The molecular formula is C13H19NO3. The first-order valence-corrected chi connectivity index (χ1v) is 5.66. The molecule has 0 fully saturated rings. The maximum atomic E-state index is 11.0. The standard InChI is InChI=1S/C13H19NO3/c1-4-17-13(2,3)9-14-11-8-6-5-7-10(11)12(15)16/h5-8,14H,4,9H2,1-3H3,(H,15,16). The molecule has 2 N–H and O–H groups in total. The summed E-state index contributed by atoms with van der Waals surface area (Å²) in [5, 5.41) is 12.1. The van der Waals surface area contributed by atoms with Crippen LogP contribution in [0.25, 0.3) is 0 Å². The SMILES string of the molecule is CCOC(C)(C)CNc1ccccc1C(=O)O. The van der Waals surface area contributed by atoms with Gasteiger partial charge in [-0.05, 0) is 32.9 Å². The van der Waals surface area contributed by atoms with Crippen LogP contribution in [0.5, 0.6) is 0 Å². The van der Waals surface area contributed by atoms with E-state index < -0.39 is 5.97 Å². The van der Waals surface area contributed by atoms with E-state index in [0.717, 1.165) is 0 Å². The summed E-state index contributed by atoms with van der Waals surface area (Å²) in [5.74, 6) is -0.928. The molecule has 0 radical (unpaired) electrons. The van der Waals surface area contributed by atoms with Gasteiger partial charge >= 0.3 is 5.97 Å². The molecule has 0 amide bonds. The van der Waals surface area contributed by atoms with Crippen LogP contribution in [0.1, 0.15) is 31.1 Å². The number of carboxylic acids is 1. The predicted octanol–water partition coefficient (Wildman–Crippen LogP) is 2.61. The number of anilines is 1. The second kappa shape index (κ2) is 5.68. The van der Waals surface area contributed by atoms with Gasteiger partial charge in [-0.2, -0.15) is 0 Å². The summed E-state index contributed by atoms with van der Waals surface area (Å²) in [6.45, 7) is 7.06. The van der Waals surface area contributed by atoms with Crippen LogP contribution < -0.4 is 5.32 Å². The average molecular weight is 237 g/mol. The lowest BCUT2D eigenvalue weighted by Gasteiger charge is -2.25. The van der Waals surface area contributed by atoms with Gasteiger partial charge in [0.05, 0.1) is 11.2 Å². The van der Waals surface area contributed by atoms with Crippen LogP contribution in [0.4, 0.5) is 5.69 Å². The van der Waals surface area contributed by atoms with Gasteiger partial charge in [0.1, 0.15) is 0 Å². The lowest BCUT2D eigenvalue weighted by atomic mass is 10.1. The van der Waals surface area contributed by atoms with E-state index >= 15 is 0 Å². The average Bonchev–Trinajstić information content (AvgIpc) is 2.27. The number of carbonyl (C=O) groups is 1. The van der Waals surface area contributed by atoms with Gasteiger partial charge in [0, 0.05) is 18.8 Å². The Labute approximate surface area is 102 Å². The number of nitrogens with one attached hydrogen (secondary N) is 1. The van der Waals surface area contributed by atoms with Crippen molar-refractivity contribution < 1.29 is 14.6 Å². The van der Waals surface area contributed by atoms with Crippen molar-refractivity contribution in [3.8, 4) is 0 Å². The highest BCUT2D eigenvalue weighted by atomic mass is 16.5. The summed E-state index contributed by atoms with van der Waals surface area (Å²) in [6.07, 6.45) is 0. The number of aromatic carboxylic acids is 1. The van der Waals surface area contributed by atoms with Crippen molar-refractivity contribution in [1.82, 2.24) is 0 Å². The van der Waals surface area contributed by atoms with E-state index in [-0.39, 0.29) is 11.2 Å². The molecular weight excluding hydrogens is 218 g/mol. The number of hydrogen-bond donors (Lipinski definition) is 2. The van der Waals surface area contributed by atoms with Crippen LogP contribution in [0.15, 0.2) is 24.3 Å². The fourth-order valence-corrected chi connectivity index (χ4v) is 1.57. The van der Waals surface area contributed by atoms with Crippen molar-refractivity contribution in [1.29, 1.82) is 0 Å². The molecule has 0 aliphatic rings. The maximum Gasteiger partial charge on any atom is 0.337 e. The first-order chi connectivity index (χ1) is 7.96. The summed E-state index contributed by atoms with van der Waals surface area (Å²) in [5.41, 5.74) is 0.577. The molecule has 0 atom stereocenters. The van der Waals surface area contributed by atoms with Crippen LogP contribution in [0.3, 0.4) is 0 Å². The highest BCUT2D eigenvalue weighted by Gasteiger charge is 2.18. The minimum atomic E-state index is -0.928. The summed E-state index contributed by atoms with van der Waals surface area (Å²) >= 11 is 0. The molecule has 4 heteroatoms. The molecule has 17 heavy (non-hydrogen) atoms. The molecule has 0 saturated heterocycles. The number of rotatable bonds is 6. The molecule has 0 spiro atoms. The zero-order valence-corrected chi connectivity index (χ0v) is 10.5. The third kappa shape index (κ3) is 4.07. The predicted molar refractivity (Wildman–Crippen MR) is 67.6 cm³/mol. The molecule has 94 valence electrons. The summed E-state index contributed by atoms with van der Waals surface area (Å²) < 4.78 is 5.54. The van der Waals surface area contributed by atoms with E-state index in [4.69, 9.17) is 9.84 Å². The van der Waals surface area contributed by atoms with Crippen LogP contribution in [-0.4, -0.2) is 29.8 Å². The van der Waals surface area contributed by atoms with Gasteiger partial charge in [0.2, 0.25) is 0 Å². The fraction of sp³-hybridized carbons (Fsp3) is 0.462. The Morgan fingerprint density at radius 1 is 1.41 bits per heavy atom. The van der Waals surface area contributed by atoms with Crippen LogP contribution in [0, 0.1) is 0 Å². The van der Waals surface area contributed by atoms with Crippen molar-refractivity contribution >= 4 is 11.7 Å². The molecule has 0 heterocycles. The van der Waals surface area contributed by atoms with Gasteiger partial charge in [0.25, 0.3) is 0 Å². The van der Waals surface area contributed by atoms with Gasteiger partial charge in [0.15, 0.2) is 0 Å². The molecule has 0 saturated carbocycles. The number of carboxylic acid groups (broad SMARTS) is 1. The van der Waals surface area contributed by atoms with Crippen molar-refractivity contribution in [2.75, 3.05) is 18.5 Å². The van der Waals surface area contributed by atoms with E-state index in [2.05, 4.69) is 5.32 Å². The number of hydrogen-bond acceptors (Lipinski definition) is 3. The number of para-hydroxylation sites is 1. The Balaban J connectivity index is 2.72. The van der Waals surface area contributed by atoms with Crippen molar-refractivity contribution in [2.24, 2.45) is 0 Å². The molecule has 0 bridgehead atoms. The minimum Gasteiger partial charge on any atom is -0.478 e. The highest BCUT2D eigenvalue weighted by molar-refractivity contribution is 5.94. The Hall–Kier alpha value is -1.55. The van der Waals surface area contributed by atoms with Gasteiger partial charge in [-0.25, -0.2) is 4.79 Å². The highest BCUT2D eigenvalue weighted by Crippen LogP contribution is 2.17. The fourth-order valence-electron chi connectivity index (χ4n) is 1.57. The van der Waals surface area contributed by atoms with E-state index in [0.29, 0.717) is 18.8 Å². The van der Waals surface area contributed by atoms with Crippen molar-refractivity contribution in [3.63, 3.8) is 0 Å². The second-order valence-corrected chi connectivity index (χ2v) is 4.40. The molecule has 0 aromatic heterocycles. The summed E-state index contributed by atoms with van der Waals surface area (Å²) in [7, 11) is 0. The largest absolute Gasteiger partial charge is 0.478 e. The molecule has 0 unspecified atom stereocenters. The quantitative estimate of drug-likeness (QED) is 0.798. The Morgan fingerprint density at radius 2 is 2.06 bits per heavy atom. The molecule has 1 rings (SSSR count). The lowest BCUT2D eigenvalue weighted by molar-refractivity contribution is 0.000659. The van der Waals surface area contributed by atoms with E-state index in [1.165, 1.54) is 0 Å². The third-order valence-electron chi connectivity index (χ3n) is 2.40. The zero-order valence-electron chi connectivity index (χ0n) is 10.5. The van der Waals surface area contributed by atoms with Crippen molar-refractivity contribution in [2.45, 2.75) is 26.4 Å². The van der Waals surface area contributed by atoms with Gasteiger partial charge in [-0.1, -0.05) is 12.1 Å². The third-order valence-corrected chi connectivity index (χ3v) is 2.40. The molecule has 0 aliphatic carbocycles. The normalized spacial score (nSPS) is 11.2. The van der Waals surface area contributed by atoms with Gasteiger partial charge in [-0.15, -0.1) is 0 Å². The monoisotopic (exact) mass is 237 g/mol. The molecule has 4 nitrogen and oxygen atoms in total. The lowest BCUT2D eigenvalue weighted by Crippen LogP contribution is -2.33. The van der Waals surface area contributed by atoms with Gasteiger partial charge < -0.3 is 15.2 Å². The summed E-state index contributed by atoms with van der Waals surface area (Å²) in [6, 6.07) is 6.86. The Kier molecular flexibility index (Phi) is 4.52. The molecule has 1 aromatic carbocycles. The van der Waals surface area contributed by atoms with Crippen LogP contribution in [-0.2, 0) is 4.74 Å².